The number of benzene rings is 3. The monoisotopic (exact) mass is 430 g/mol. The van der Waals surface area contributed by atoms with E-state index in [1.165, 1.54) is 0 Å². The van der Waals surface area contributed by atoms with Gasteiger partial charge in [-0.3, -0.25) is 14.3 Å². The van der Waals surface area contributed by atoms with Crippen molar-refractivity contribution in [3.63, 3.8) is 0 Å². The average Bonchev–Trinajstić information content (AvgIpc) is 3.15. The van der Waals surface area contributed by atoms with Gasteiger partial charge in [-0.05, 0) is 48.5 Å². The molecule has 7 heteroatoms. The number of hydrogen-bond donors (Lipinski definition) is 2. The van der Waals surface area contributed by atoms with Crippen molar-refractivity contribution in [1.29, 1.82) is 0 Å². The van der Waals surface area contributed by atoms with Gasteiger partial charge in [0.15, 0.2) is 0 Å². The molecule has 154 valence electrons. The summed E-state index contributed by atoms with van der Waals surface area (Å²) in [6, 6.07) is 24.8. The Bertz CT molecular complexity index is 1220. The normalized spacial score (nSPS) is 10.5. The molecule has 0 fully saturated rings. The minimum Gasteiger partial charge on any atom is -0.322 e. The van der Waals surface area contributed by atoms with E-state index in [1.807, 2.05) is 36.4 Å². The number of rotatable bonds is 5. The van der Waals surface area contributed by atoms with Crippen LogP contribution in [0.15, 0.2) is 84.9 Å². The molecule has 0 unspecified atom stereocenters. The number of aromatic nitrogens is 2. The van der Waals surface area contributed by atoms with Gasteiger partial charge in [0.25, 0.3) is 11.8 Å². The fraction of sp³-hybridized carbons (Fsp3) is 0.0417. The van der Waals surface area contributed by atoms with E-state index in [-0.39, 0.29) is 11.8 Å². The van der Waals surface area contributed by atoms with E-state index >= 15 is 0 Å². The summed E-state index contributed by atoms with van der Waals surface area (Å²) in [6.07, 6.45) is 0. The van der Waals surface area contributed by atoms with Gasteiger partial charge in [0, 0.05) is 40.5 Å². The topological polar surface area (TPSA) is 76.0 Å². The van der Waals surface area contributed by atoms with E-state index in [0.29, 0.717) is 33.3 Å². The molecule has 1 heterocycles. The number of carbonyl (C=O) groups is 2. The molecule has 0 aliphatic heterocycles. The fourth-order valence-electron chi connectivity index (χ4n) is 3.03. The summed E-state index contributed by atoms with van der Waals surface area (Å²) in [5.41, 5.74) is 3.34. The molecule has 4 rings (SSSR count). The number of nitrogens with zero attached hydrogens (tertiary/aromatic N) is 2. The molecular weight excluding hydrogens is 412 g/mol. The number of aryl methyl sites for hydroxylation is 1. The number of hydrogen-bond acceptors (Lipinski definition) is 3. The molecule has 0 aliphatic rings. The third kappa shape index (κ3) is 4.82. The lowest BCUT2D eigenvalue weighted by Gasteiger charge is -2.06. The van der Waals surface area contributed by atoms with Gasteiger partial charge >= 0.3 is 0 Å². The van der Waals surface area contributed by atoms with Crippen LogP contribution >= 0.6 is 11.6 Å². The van der Waals surface area contributed by atoms with Crippen LogP contribution in [0, 0.1) is 0 Å². The van der Waals surface area contributed by atoms with E-state index in [9.17, 15) is 9.59 Å². The Morgan fingerprint density at radius 1 is 0.806 bits per heavy atom. The van der Waals surface area contributed by atoms with Crippen LogP contribution in [-0.2, 0) is 7.05 Å². The van der Waals surface area contributed by atoms with Crippen molar-refractivity contribution in [2.24, 2.45) is 7.05 Å². The van der Waals surface area contributed by atoms with E-state index in [0.717, 1.165) is 5.56 Å². The molecule has 0 bridgehead atoms. The Hall–Kier alpha value is -3.90. The molecule has 31 heavy (non-hydrogen) atoms. The summed E-state index contributed by atoms with van der Waals surface area (Å²) >= 11 is 5.86. The Kier molecular flexibility index (Phi) is 5.82. The maximum Gasteiger partial charge on any atom is 0.256 e. The minimum atomic E-state index is -0.215. The second-order valence-corrected chi connectivity index (χ2v) is 7.33. The van der Waals surface area contributed by atoms with E-state index in [1.54, 1.807) is 60.3 Å². The zero-order valence-corrected chi connectivity index (χ0v) is 17.4. The van der Waals surface area contributed by atoms with Gasteiger partial charge in [-0.1, -0.05) is 41.9 Å². The molecule has 2 N–H and O–H groups in total. The maximum absolute atomic E-state index is 12.4. The number of anilines is 2. The zero-order chi connectivity index (χ0) is 21.8. The SMILES string of the molecule is Cn1nc(-c2ccc(NC(=O)c3ccc(Cl)cc3)cc2)cc1NC(=O)c1ccccc1. The van der Waals surface area contributed by atoms with Gasteiger partial charge in [0.2, 0.25) is 0 Å². The van der Waals surface area contributed by atoms with Crippen molar-refractivity contribution in [1.82, 2.24) is 9.78 Å². The lowest BCUT2D eigenvalue weighted by atomic mass is 10.1. The number of halogens is 1. The predicted molar refractivity (Wildman–Crippen MR) is 122 cm³/mol. The number of carbonyl (C=O) groups excluding carboxylic acids is 2. The Morgan fingerprint density at radius 3 is 2.10 bits per heavy atom. The first kappa shape index (κ1) is 20.4. The predicted octanol–water partition coefficient (Wildman–Crippen LogP) is 5.25. The third-order valence-electron chi connectivity index (χ3n) is 4.70. The van der Waals surface area contributed by atoms with Crippen molar-refractivity contribution in [2.75, 3.05) is 10.6 Å². The molecule has 6 nitrogen and oxygen atoms in total. The quantitative estimate of drug-likeness (QED) is 0.454. The summed E-state index contributed by atoms with van der Waals surface area (Å²) in [7, 11) is 1.77. The number of nitrogens with one attached hydrogen (secondary N) is 2. The van der Waals surface area contributed by atoms with Crippen LogP contribution in [0.5, 0.6) is 0 Å². The van der Waals surface area contributed by atoms with Gasteiger partial charge in [0.05, 0.1) is 5.69 Å². The maximum atomic E-state index is 12.4. The zero-order valence-electron chi connectivity index (χ0n) is 16.7. The van der Waals surface area contributed by atoms with Gasteiger partial charge in [-0.15, -0.1) is 0 Å². The van der Waals surface area contributed by atoms with Crippen molar-refractivity contribution in [3.8, 4) is 11.3 Å². The molecule has 0 spiro atoms. The van der Waals surface area contributed by atoms with Crippen molar-refractivity contribution in [3.05, 3.63) is 101 Å². The molecule has 0 radical (unpaired) electrons. The molecule has 2 amide bonds. The lowest BCUT2D eigenvalue weighted by Crippen LogP contribution is -2.14. The first-order valence-corrected chi connectivity index (χ1v) is 9.95. The fourth-order valence-corrected chi connectivity index (χ4v) is 3.16. The summed E-state index contributed by atoms with van der Waals surface area (Å²) in [5.74, 6) is 0.174. The molecule has 0 aliphatic carbocycles. The van der Waals surface area contributed by atoms with Crippen LogP contribution < -0.4 is 10.6 Å². The highest BCUT2D eigenvalue weighted by Crippen LogP contribution is 2.24. The Labute approximate surface area is 184 Å². The highest BCUT2D eigenvalue weighted by molar-refractivity contribution is 6.30. The highest BCUT2D eigenvalue weighted by Gasteiger charge is 2.12. The summed E-state index contributed by atoms with van der Waals surface area (Å²) in [4.78, 5) is 24.7. The molecule has 3 aromatic carbocycles. The smallest absolute Gasteiger partial charge is 0.256 e. The van der Waals surface area contributed by atoms with Crippen LogP contribution in [0.4, 0.5) is 11.5 Å². The Balaban J connectivity index is 1.45. The second-order valence-electron chi connectivity index (χ2n) is 6.90. The summed E-state index contributed by atoms with van der Waals surface area (Å²) in [5, 5.41) is 10.8. The van der Waals surface area contributed by atoms with E-state index in [4.69, 9.17) is 11.6 Å². The largest absolute Gasteiger partial charge is 0.322 e. The molecule has 0 saturated heterocycles. The van der Waals surface area contributed by atoms with Crippen molar-refractivity contribution < 1.29 is 9.59 Å². The van der Waals surface area contributed by atoms with Crippen molar-refractivity contribution >= 4 is 34.9 Å². The minimum absolute atomic E-state index is 0.199. The molecule has 0 atom stereocenters. The van der Waals surface area contributed by atoms with Crippen LogP contribution in [0.25, 0.3) is 11.3 Å². The molecular formula is C24H19ClN4O2. The van der Waals surface area contributed by atoms with Crippen LogP contribution in [0.2, 0.25) is 5.02 Å². The van der Waals surface area contributed by atoms with Crippen LogP contribution in [-0.4, -0.2) is 21.6 Å². The molecule has 1 aromatic heterocycles. The Morgan fingerprint density at radius 2 is 1.42 bits per heavy atom. The average molecular weight is 431 g/mol. The lowest BCUT2D eigenvalue weighted by molar-refractivity contribution is 0.101. The van der Waals surface area contributed by atoms with E-state index in [2.05, 4.69) is 15.7 Å². The first-order valence-electron chi connectivity index (χ1n) is 9.57. The van der Waals surface area contributed by atoms with Crippen molar-refractivity contribution in [2.45, 2.75) is 0 Å². The van der Waals surface area contributed by atoms with Crippen LogP contribution in [0.1, 0.15) is 20.7 Å². The molecule has 0 saturated carbocycles. The highest BCUT2D eigenvalue weighted by atomic mass is 35.5. The summed E-state index contributed by atoms with van der Waals surface area (Å²) < 4.78 is 1.62. The van der Waals surface area contributed by atoms with Gasteiger partial charge in [0.1, 0.15) is 5.82 Å². The van der Waals surface area contributed by atoms with Gasteiger partial charge < -0.3 is 10.6 Å². The van der Waals surface area contributed by atoms with Gasteiger partial charge in [-0.25, -0.2) is 0 Å². The standard InChI is InChI=1S/C24H19ClN4O2/c1-29-22(27-24(31)17-5-3-2-4-6-17)15-21(28-29)16-9-13-20(14-10-16)26-23(30)18-7-11-19(25)12-8-18/h2-15H,1H3,(H,26,30)(H,27,31). The van der Waals surface area contributed by atoms with Gasteiger partial charge in [-0.2, -0.15) is 5.10 Å². The van der Waals surface area contributed by atoms with E-state index < -0.39 is 0 Å². The first-order chi connectivity index (χ1) is 15.0. The molecule has 4 aromatic rings. The van der Waals surface area contributed by atoms with Crippen LogP contribution in [0.3, 0.4) is 0 Å². The second kappa shape index (κ2) is 8.85. The summed E-state index contributed by atoms with van der Waals surface area (Å²) in [6.45, 7) is 0. The number of amides is 2. The third-order valence-corrected chi connectivity index (χ3v) is 4.95.